The number of anilines is 1. The van der Waals surface area contributed by atoms with Crippen molar-refractivity contribution in [1.29, 1.82) is 0 Å². The maximum Gasteiger partial charge on any atom is 0.139 e. The number of aryl methyl sites for hydroxylation is 2. The summed E-state index contributed by atoms with van der Waals surface area (Å²) in [5.41, 5.74) is 9.68. The normalized spacial score (nSPS) is 17.3. The van der Waals surface area contributed by atoms with Crippen LogP contribution in [0, 0.1) is 19.3 Å². The predicted octanol–water partition coefficient (Wildman–Crippen LogP) is 2.66. The highest BCUT2D eigenvalue weighted by Gasteiger charge is 2.44. The van der Waals surface area contributed by atoms with E-state index < -0.39 is 0 Å². The molecule has 0 bridgehead atoms. The summed E-state index contributed by atoms with van der Waals surface area (Å²) in [6.07, 6.45) is 2.98. The first kappa shape index (κ1) is 13.7. The first-order valence-electron chi connectivity index (χ1n) is 6.71. The average Bonchev–Trinajstić information content (AvgIpc) is 3.08. The SMILES string of the molecule is Cc1ccc(N(C)CC2(CC(N)=NO)CC2)c(C)c1. The molecule has 0 aromatic heterocycles. The Balaban J connectivity index is 2.07. The van der Waals surface area contributed by atoms with Crippen molar-refractivity contribution in [2.24, 2.45) is 16.3 Å². The molecule has 0 radical (unpaired) electrons. The molecule has 1 aliphatic carbocycles. The Kier molecular flexibility index (Phi) is 3.69. The smallest absolute Gasteiger partial charge is 0.139 e. The summed E-state index contributed by atoms with van der Waals surface area (Å²) in [4.78, 5) is 2.28. The Hall–Kier alpha value is -1.71. The van der Waals surface area contributed by atoms with Crippen molar-refractivity contribution in [2.75, 3.05) is 18.5 Å². The van der Waals surface area contributed by atoms with Crippen LogP contribution in [0.5, 0.6) is 0 Å². The second kappa shape index (κ2) is 5.11. The van der Waals surface area contributed by atoms with Gasteiger partial charge in [-0.25, -0.2) is 0 Å². The molecule has 0 unspecified atom stereocenters. The molecule has 0 saturated heterocycles. The Morgan fingerprint density at radius 1 is 1.42 bits per heavy atom. The van der Waals surface area contributed by atoms with Gasteiger partial charge in [-0.05, 0) is 43.7 Å². The Labute approximate surface area is 114 Å². The van der Waals surface area contributed by atoms with Crippen molar-refractivity contribution >= 4 is 11.5 Å². The van der Waals surface area contributed by atoms with Crippen molar-refractivity contribution in [3.8, 4) is 0 Å². The minimum Gasteiger partial charge on any atom is -0.409 e. The van der Waals surface area contributed by atoms with Crippen LogP contribution >= 0.6 is 0 Å². The van der Waals surface area contributed by atoms with Crippen LogP contribution in [0.2, 0.25) is 0 Å². The van der Waals surface area contributed by atoms with E-state index in [4.69, 9.17) is 10.9 Å². The summed E-state index contributed by atoms with van der Waals surface area (Å²) in [5, 5.41) is 11.8. The lowest BCUT2D eigenvalue weighted by molar-refractivity contribution is 0.314. The monoisotopic (exact) mass is 261 g/mol. The quantitative estimate of drug-likeness (QED) is 0.371. The van der Waals surface area contributed by atoms with E-state index >= 15 is 0 Å². The molecule has 2 rings (SSSR count). The fourth-order valence-electron chi connectivity index (χ4n) is 2.81. The van der Waals surface area contributed by atoms with E-state index in [1.54, 1.807) is 0 Å². The van der Waals surface area contributed by atoms with Crippen LogP contribution in [0.3, 0.4) is 0 Å². The molecule has 0 spiro atoms. The van der Waals surface area contributed by atoms with E-state index in [1.807, 2.05) is 0 Å². The third-order valence-electron chi connectivity index (χ3n) is 3.98. The number of amidine groups is 1. The molecule has 1 aromatic carbocycles. The summed E-state index contributed by atoms with van der Waals surface area (Å²) in [6, 6.07) is 6.52. The highest BCUT2D eigenvalue weighted by molar-refractivity contribution is 5.80. The van der Waals surface area contributed by atoms with Crippen molar-refractivity contribution in [1.82, 2.24) is 0 Å². The largest absolute Gasteiger partial charge is 0.409 e. The minimum atomic E-state index is 0.197. The molecule has 0 aliphatic heterocycles. The van der Waals surface area contributed by atoms with Gasteiger partial charge in [0.15, 0.2) is 0 Å². The number of benzene rings is 1. The number of hydrogen-bond acceptors (Lipinski definition) is 3. The third kappa shape index (κ3) is 3.19. The van der Waals surface area contributed by atoms with Crippen LogP contribution in [0.15, 0.2) is 23.4 Å². The van der Waals surface area contributed by atoms with Gasteiger partial charge in [-0.3, -0.25) is 0 Å². The van der Waals surface area contributed by atoms with Gasteiger partial charge < -0.3 is 15.8 Å². The van der Waals surface area contributed by atoms with E-state index in [0.717, 1.165) is 19.4 Å². The van der Waals surface area contributed by atoms with Crippen LogP contribution in [-0.4, -0.2) is 24.6 Å². The van der Waals surface area contributed by atoms with Gasteiger partial charge in [-0.15, -0.1) is 0 Å². The summed E-state index contributed by atoms with van der Waals surface area (Å²) >= 11 is 0. The van der Waals surface area contributed by atoms with E-state index in [9.17, 15) is 0 Å². The molecule has 104 valence electrons. The zero-order chi connectivity index (χ0) is 14.0. The van der Waals surface area contributed by atoms with E-state index in [-0.39, 0.29) is 5.41 Å². The Morgan fingerprint density at radius 3 is 2.63 bits per heavy atom. The van der Waals surface area contributed by atoms with Crippen LogP contribution in [0.1, 0.15) is 30.4 Å². The molecule has 4 heteroatoms. The molecule has 3 N–H and O–H groups in total. The van der Waals surface area contributed by atoms with Crippen LogP contribution in [-0.2, 0) is 0 Å². The van der Waals surface area contributed by atoms with Crippen LogP contribution in [0.25, 0.3) is 0 Å². The lowest BCUT2D eigenvalue weighted by atomic mass is 10.0. The van der Waals surface area contributed by atoms with Gasteiger partial charge in [0.2, 0.25) is 0 Å². The average molecular weight is 261 g/mol. The third-order valence-corrected chi connectivity index (χ3v) is 3.98. The second-order valence-electron chi connectivity index (χ2n) is 5.91. The number of nitrogens with two attached hydrogens (primary N) is 1. The number of hydrogen-bond donors (Lipinski definition) is 2. The summed E-state index contributed by atoms with van der Waals surface area (Å²) in [5.74, 6) is 0.339. The summed E-state index contributed by atoms with van der Waals surface area (Å²) < 4.78 is 0. The van der Waals surface area contributed by atoms with Gasteiger partial charge in [0.25, 0.3) is 0 Å². The summed E-state index contributed by atoms with van der Waals surface area (Å²) in [6.45, 7) is 5.20. The molecule has 1 aliphatic rings. The zero-order valence-corrected chi connectivity index (χ0v) is 12.0. The molecule has 1 saturated carbocycles. The van der Waals surface area contributed by atoms with Crippen molar-refractivity contribution in [2.45, 2.75) is 33.1 Å². The Bertz CT molecular complexity index is 492. The topological polar surface area (TPSA) is 61.8 Å². The highest BCUT2D eigenvalue weighted by atomic mass is 16.4. The molecule has 4 nitrogen and oxygen atoms in total. The lowest BCUT2D eigenvalue weighted by Gasteiger charge is -2.27. The maximum atomic E-state index is 8.70. The zero-order valence-electron chi connectivity index (χ0n) is 12.0. The molecule has 1 aromatic rings. The first-order chi connectivity index (χ1) is 8.96. The van der Waals surface area contributed by atoms with Gasteiger partial charge in [-0.2, -0.15) is 0 Å². The molecule has 0 atom stereocenters. The van der Waals surface area contributed by atoms with Crippen LogP contribution < -0.4 is 10.6 Å². The van der Waals surface area contributed by atoms with Gasteiger partial charge in [0.05, 0.1) is 0 Å². The number of oxime groups is 1. The molecular formula is C15H23N3O. The van der Waals surface area contributed by atoms with Gasteiger partial charge in [0.1, 0.15) is 5.84 Å². The molecule has 0 heterocycles. The predicted molar refractivity (Wildman–Crippen MR) is 78.9 cm³/mol. The maximum absolute atomic E-state index is 8.70. The van der Waals surface area contributed by atoms with Crippen LogP contribution in [0.4, 0.5) is 5.69 Å². The van der Waals surface area contributed by atoms with E-state index in [2.05, 4.69) is 49.1 Å². The lowest BCUT2D eigenvalue weighted by Crippen LogP contribution is -2.30. The first-order valence-corrected chi connectivity index (χ1v) is 6.71. The number of nitrogens with zero attached hydrogens (tertiary/aromatic N) is 2. The van der Waals surface area contributed by atoms with E-state index in [1.165, 1.54) is 16.8 Å². The molecular weight excluding hydrogens is 238 g/mol. The van der Waals surface area contributed by atoms with Crippen molar-refractivity contribution in [3.05, 3.63) is 29.3 Å². The fraction of sp³-hybridized carbons (Fsp3) is 0.533. The second-order valence-corrected chi connectivity index (χ2v) is 5.91. The molecule has 19 heavy (non-hydrogen) atoms. The molecule has 0 amide bonds. The van der Waals surface area contributed by atoms with E-state index in [0.29, 0.717) is 12.3 Å². The highest BCUT2D eigenvalue weighted by Crippen LogP contribution is 2.49. The van der Waals surface area contributed by atoms with Crippen molar-refractivity contribution in [3.63, 3.8) is 0 Å². The van der Waals surface area contributed by atoms with Gasteiger partial charge in [-0.1, -0.05) is 22.9 Å². The number of rotatable bonds is 5. The minimum absolute atomic E-state index is 0.197. The van der Waals surface area contributed by atoms with Gasteiger partial charge in [0, 0.05) is 25.7 Å². The Morgan fingerprint density at radius 2 is 2.11 bits per heavy atom. The standard InChI is InChI=1S/C15H23N3O/c1-11-4-5-13(12(2)8-11)18(3)10-15(6-7-15)9-14(16)17-19/h4-5,8,19H,6-7,9-10H2,1-3H3,(H2,16,17). The fourth-order valence-corrected chi connectivity index (χ4v) is 2.81. The van der Waals surface area contributed by atoms with Crippen molar-refractivity contribution < 1.29 is 5.21 Å². The summed E-state index contributed by atoms with van der Waals surface area (Å²) in [7, 11) is 2.12. The van der Waals surface area contributed by atoms with Gasteiger partial charge >= 0.3 is 0 Å². The molecule has 1 fully saturated rings.